The molecule has 0 saturated heterocycles. The van der Waals surface area contributed by atoms with Gasteiger partial charge in [-0.05, 0) is 37.1 Å². The summed E-state index contributed by atoms with van der Waals surface area (Å²) in [6, 6.07) is 0. The van der Waals surface area contributed by atoms with Gasteiger partial charge in [0.2, 0.25) is 0 Å². The first-order valence-corrected chi connectivity index (χ1v) is 10.4. The fraction of sp³-hybridized carbons (Fsp3) is 0.826. The van der Waals surface area contributed by atoms with Crippen LogP contribution in [-0.2, 0) is 0 Å². The van der Waals surface area contributed by atoms with Gasteiger partial charge >= 0.3 is 0 Å². The fourth-order valence-corrected chi connectivity index (χ4v) is 2.64. The second-order valence-electron chi connectivity index (χ2n) is 5.66. The Hall–Kier alpha value is -0.920. The summed E-state index contributed by atoms with van der Waals surface area (Å²) in [5.74, 6) is 1.67. The topological polar surface area (TPSA) is 6.48 Å². The molecule has 0 bridgehead atoms. The predicted octanol–water partition coefficient (Wildman–Crippen LogP) is 7.44. The molecule has 2 aliphatic rings. The van der Waals surface area contributed by atoms with E-state index >= 15 is 0 Å². The Morgan fingerprint density at radius 2 is 0.960 bits per heavy atom. The molecule has 0 radical (unpaired) electrons. The Labute approximate surface area is 162 Å². The van der Waals surface area contributed by atoms with Crippen molar-refractivity contribution in [2.45, 2.75) is 88.5 Å². The first-order chi connectivity index (χ1) is 11.7. The van der Waals surface area contributed by atoms with Gasteiger partial charge in [0, 0.05) is 27.2 Å². The maximum atomic E-state index is 2.31. The molecule has 2 atom stereocenters. The first-order valence-electron chi connectivity index (χ1n) is 10.4. The maximum absolute atomic E-state index is 2.31. The largest absolute Gasteiger partial charge is 0.380 e. The maximum Gasteiger partial charge on any atom is 0.0232 e. The van der Waals surface area contributed by atoms with Crippen LogP contribution in [-0.4, -0.2) is 37.0 Å². The van der Waals surface area contributed by atoms with Crippen LogP contribution in [0, 0.1) is 11.8 Å². The Bertz CT molecular complexity index is 243. The van der Waals surface area contributed by atoms with E-state index in [-0.39, 0.29) is 7.43 Å². The molecule has 2 heteroatoms. The molecule has 0 amide bonds. The molecule has 0 aliphatic carbocycles. The monoisotopic (exact) mass is 356 g/mol. The van der Waals surface area contributed by atoms with Gasteiger partial charge in [-0.15, -0.1) is 0 Å². The van der Waals surface area contributed by atoms with E-state index in [1.807, 2.05) is 41.5 Å². The summed E-state index contributed by atoms with van der Waals surface area (Å²) in [4.78, 5) is 4.50. The van der Waals surface area contributed by atoms with Gasteiger partial charge in [0.05, 0.1) is 0 Å². The molecule has 25 heavy (non-hydrogen) atoms. The average molecular weight is 357 g/mol. The minimum absolute atomic E-state index is 0. The highest BCUT2D eigenvalue weighted by molar-refractivity contribution is 4.96. The smallest absolute Gasteiger partial charge is 0.0232 e. The number of rotatable bonds is 4. The zero-order chi connectivity index (χ0) is 19.4. The molecule has 0 aromatic heterocycles. The van der Waals surface area contributed by atoms with Crippen molar-refractivity contribution in [3.8, 4) is 0 Å². The van der Waals surface area contributed by atoms with Crippen LogP contribution in [0.2, 0.25) is 0 Å². The summed E-state index contributed by atoms with van der Waals surface area (Å²) < 4.78 is 0. The van der Waals surface area contributed by atoms with Gasteiger partial charge in [0.25, 0.3) is 0 Å². The van der Waals surface area contributed by atoms with Crippen LogP contribution in [0.25, 0.3) is 0 Å². The van der Waals surface area contributed by atoms with Crippen molar-refractivity contribution in [1.82, 2.24) is 9.80 Å². The summed E-state index contributed by atoms with van der Waals surface area (Å²) in [6.45, 7) is 18.9. The lowest BCUT2D eigenvalue weighted by atomic mass is 10.1. The third-order valence-electron chi connectivity index (χ3n) is 3.59. The first kappa shape index (κ1) is 31.8. The van der Waals surface area contributed by atoms with Gasteiger partial charge in [-0.3, -0.25) is 0 Å². The number of hydrogen-bond acceptors (Lipinski definition) is 2. The van der Waals surface area contributed by atoms with Crippen molar-refractivity contribution in [3.63, 3.8) is 0 Å². The van der Waals surface area contributed by atoms with Gasteiger partial charge < -0.3 is 9.80 Å². The average Bonchev–Trinajstić information content (AvgIpc) is 3.23. The highest BCUT2D eigenvalue weighted by atomic mass is 15.1. The van der Waals surface area contributed by atoms with Crippen molar-refractivity contribution in [2.75, 3.05) is 27.2 Å². The molecule has 2 aliphatic heterocycles. The third-order valence-corrected chi connectivity index (χ3v) is 3.59. The Morgan fingerprint density at radius 1 is 0.680 bits per heavy atom. The van der Waals surface area contributed by atoms with Gasteiger partial charge in [-0.2, -0.15) is 0 Å². The highest BCUT2D eigenvalue weighted by Gasteiger charge is 2.11. The second kappa shape index (κ2) is 25.3. The Morgan fingerprint density at radius 3 is 1.12 bits per heavy atom. The standard InChI is InChI=1S/2C8H15N.3C2H6.CH4/c2*1-3-4-8-5-6-9(2)7-8;3*1-2;/h2*5-6,8H,3-4,7H2,1-2H3;3*1-2H3;1H4. The summed E-state index contributed by atoms with van der Waals surface area (Å²) in [6.07, 6.45) is 14.3. The Balaban J connectivity index is -0.000000132. The minimum atomic E-state index is 0. The fourth-order valence-electron chi connectivity index (χ4n) is 2.64. The lowest BCUT2D eigenvalue weighted by Gasteiger charge is -2.10. The van der Waals surface area contributed by atoms with Crippen molar-refractivity contribution < 1.29 is 0 Å². The summed E-state index contributed by atoms with van der Waals surface area (Å²) in [7, 11) is 4.26. The molecule has 0 N–H and O–H groups in total. The molecule has 0 saturated carbocycles. The third kappa shape index (κ3) is 19.3. The van der Waals surface area contributed by atoms with Crippen LogP contribution in [0.1, 0.15) is 88.5 Å². The minimum Gasteiger partial charge on any atom is -0.380 e. The van der Waals surface area contributed by atoms with Crippen LogP contribution < -0.4 is 0 Å². The van der Waals surface area contributed by atoms with E-state index in [2.05, 4.69) is 62.3 Å². The number of nitrogens with zero attached hydrogens (tertiary/aromatic N) is 2. The van der Waals surface area contributed by atoms with Crippen LogP contribution >= 0.6 is 0 Å². The van der Waals surface area contributed by atoms with E-state index < -0.39 is 0 Å². The van der Waals surface area contributed by atoms with Crippen molar-refractivity contribution in [3.05, 3.63) is 24.6 Å². The van der Waals surface area contributed by atoms with Crippen molar-refractivity contribution in [2.24, 2.45) is 11.8 Å². The van der Waals surface area contributed by atoms with E-state index in [0.29, 0.717) is 0 Å². The molecule has 0 spiro atoms. The molecule has 2 unspecified atom stereocenters. The Kier molecular flexibility index (Phi) is 32.2. The zero-order valence-electron chi connectivity index (χ0n) is 18.6. The zero-order valence-corrected chi connectivity index (χ0v) is 18.6. The van der Waals surface area contributed by atoms with Crippen molar-refractivity contribution >= 4 is 0 Å². The number of hydrogen-bond donors (Lipinski definition) is 0. The van der Waals surface area contributed by atoms with E-state index in [1.165, 1.54) is 38.8 Å². The molecule has 0 aromatic carbocycles. The quantitative estimate of drug-likeness (QED) is 0.516. The normalized spacial score (nSPS) is 19.1. The van der Waals surface area contributed by atoms with Crippen LogP contribution in [0.3, 0.4) is 0 Å². The van der Waals surface area contributed by atoms with E-state index in [0.717, 1.165) is 11.8 Å². The van der Waals surface area contributed by atoms with E-state index in [9.17, 15) is 0 Å². The van der Waals surface area contributed by atoms with E-state index in [4.69, 9.17) is 0 Å². The molecule has 2 rings (SSSR count). The van der Waals surface area contributed by atoms with Crippen molar-refractivity contribution in [1.29, 1.82) is 0 Å². The molecule has 0 fully saturated rings. The second-order valence-corrected chi connectivity index (χ2v) is 5.66. The van der Waals surface area contributed by atoms with Crippen LogP contribution in [0.4, 0.5) is 0 Å². The summed E-state index contributed by atoms with van der Waals surface area (Å²) >= 11 is 0. The SMILES string of the molecule is C.CC.CC.CC.CCCC1C=CN(C)C1.CCCC1C=CN(C)C1. The molecular weight excluding hydrogens is 304 g/mol. The van der Waals surface area contributed by atoms with Gasteiger partial charge in [0.1, 0.15) is 0 Å². The summed E-state index contributed by atoms with van der Waals surface area (Å²) in [5.41, 5.74) is 0. The lowest BCUT2D eigenvalue weighted by Crippen LogP contribution is -2.12. The highest BCUT2D eigenvalue weighted by Crippen LogP contribution is 2.15. The van der Waals surface area contributed by atoms with Crippen LogP contribution in [0.5, 0.6) is 0 Å². The molecule has 154 valence electrons. The lowest BCUT2D eigenvalue weighted by molar-refractivity contribution is 0.421. The molecule has 2 nitrogen and oxygen atoms in total. The van der Waals surface area contributed by atoms with Crippen LogP contribution in [0.15, 0.2) is 24.6 Å². The van der Waals surface area contributed by atoms with E-state index in [1.54, 1.807) is 0 Å². The molecular formula is C23H52N2. The predicted molar refractivity (Wildman–Crippen MR) is 121 cm³/mol. The van der Waals surface area contributed by atoms with Gasteiger partial charge in [-0.1, -0.05) is 87.8 Å². The molecule has 2 heterocycles. The summed E-state index contributed by atoms with van der Waals surface area (Å²) in [5, 5.41) is 0. The van der Waals surface area contributed by atoms with Gasteiger partial charge in [-0.25, -0.2) is 0 Å². The molecule has 0 aromatic rings. The van der Waals surface area contributed by atoms with Gasteiger partial charge in [0.15, 0.2) is 0 Å².